The van der Waals surface area contributed by atoms with Crippen LogP contribution in [0.25, 0.3) is 89.4 Å². The standard InChI is InChI=1S/C62H48N4/c1-39-30-40(2)32-49-38-48(31-39)62(49)55-24-14-12-22-51(55)52-28-26-44(37-56(52)62)46-33-45(43-27-29-58-54(36-43)53-23-13-15-25-57(53)66(58)50-20-10-5-11-21-50)34-47(35-46)61-64-59(41-16-6-3-7-17-41)63-60(65-61)42-18-8-4-9-19-42/h3-20,22-29,31-37,39-40,50H,21,30,38H2,1-2H3. The molecule has 7 aromatic carbocycles. The van der Waals surface area contributed by atoms with Crippen LogP contribution >= 0.6 is 0 Å². The summed E-state index contributed by atoms with van der Waals surface area (Å²) >= 11 is 0. The summed E-state index contributed by atoms with van der Waals surface area (Å²) in [6, 6.07) is 60.0. The largest absolute Gasteiger partial charge is 0.333 e. The molecule has 3 atom stereocenters. The molecule has 4 aliphatic carbocycles. The zero-order valence-electron chi connectivity index (χ0n) is 37.2. The Balaban J connectivity index is 1.04. The van der Waals surface area contributed by atoms with Crippen molar-refractivity contribution >= 4 is 21.8 Å². The fourth-order valence-electron chi connectivity index (χ4n) is 11.8. The monoisotopic (exact) mass is 848 g/mol. The molecule has 4 nitrogen and oxygen atoms in total. The van der Waals surface area contributed by atoms with E-state index in [0.717, 1.165) is 46.2 Å². The third-order valence-corrected chi connectivity index (χ3v) is 14.7. The van der Waals surface area contributed by atoms with Crippen molar-refractivity contribution in [1.82, 2.24) is 19.5 Å². The molecule has 0 amide bonds. The van der Waals surface area contributed by atoms with Crippen LogP contribution in [0.4, 0.5) is 0 Å². The molecule has 13 rings (SSSR count). The number of nitrogens with zero attached hydrogens (tertiary/aromatic N) is 4. The van der Waals surface area contributed by atoms with Crippen molar-refractivity contribution in [3.63, 3.8) is 0 Å². The number of rotatable bonds is 6. The predicted octanol–water partition coefficient (Wildman–Crippen LogP) is 15.6. The second-order valence-electron chi connectivity index (χ2n) is 18.9. The maximum Gasteiger partial charge on any atom is 0.164 e. The van der Waals surface area contributed by atoms with Crippen LogP contribution in [0, 0.1) is 11.8 Å². The first-order chi connectivity index (χ1) is 32.5. The summed E-state index contributed by atoms with van der Waals surface area (Å²) < 4.78 is 2.52. The van der Waals surface area contributed by atoms with Gasteiger partial charge in [0.1, 0.15) is 0 Å². The van der Waals surface area contributed by atoms with E-state index in [1.807, 2.05) is 36.4 Å². The van der Waals surface area contributed by atoms with E-state index in [-0.39, 0.29) is 11.5 Å². The van der Waals surface area contributed by atoms with Crippen molar-refractivity contribution in [2.45, 2.75) is 44.6 Å². The van der Waals surface area contributed by atoms with Crippen molar-refractivity contribution in [3.05, 3.63) is 223 Å². The first kappa shape index (κ1) is 38.7. The minimum atomic E-state index is -0.225. The topological polar surface area (TPSA) is 43.6 Å². The zero-order chi connectivity index (χ0) is 43.9. The van der Waals surface area contributed by atoms with E-state index in [1.165, 1.54) is 56.0 Å². The molecule has 0 radical (unpaired) electrons. The fourth-order valence-corrected chi connectivity index (χ4v) is 11.8. The molecule has 66 heavy (non-hydrogen) atoms. The fraction of sp³-hybridized carbons (Fsp3) is 0.145. The van der Waals surface area contributed by atoms with Crippen LogP contribution in [0.3, 0.4) is 0 Å². The van der Waals surface area contributed by atoms with Crippen molar-refractivity contribution in [3.8, 4) is 67.5 Å². The van der Waals surface area contributed by atoms with E-state index < -0.39 is 0 Å². The summed E-state index contributed by atoms with van der Waals surface area (Å²) in [4.78, 5) is 15.6. The molecular formula is C62H48N4. The molecule has 2 heterocycles. The van der Waals surface area contributed by atoms with E-state index >= 15 is 0 Å². The lowest BCUT2D eigenvalue weighted by atomic mass is 9.53. The quantitative estimate of drug-likeness (QED) is 0.157. The number of hydrogen-bond acceptors (Lipinski definition) is 3. The lowest BCUT2D eigenvalue weighted by Crippen LogP contribution is -2.41. The molecule has 1 spiro atoms. The average molecular weight is 849 g/mol. The van der Waals surface area contributed by atoms with Crippen LogP contribution in [0.2, 0.25) is 0 Å². The molecule has 0 N–H and O–H groups in total. The number of allylic oxidation sites excluding steroid dienone is 8. The Hall–Kier alpha value is -7.69. The Labute approximate surface area is 386 Å². The minimum absolute atomic E-state index is 0.225. The SMILES string of the molecule is CC1C=C2CC(=CC(C)C1)C21c2ccccc2-c2ccc(-c3cc(-c4ccc5c(c4)c4ccccc4n5C4C=CC=CC4)cc(-c4nc(-c5ccccc5)nc(-c5ccccc5)n4)c3)cc21. The molecule has 1 fully saturated rings. The van der Waals surface area contributed by atoms with Gasteiger partial charge in [-0.25, -0.2) is 15.0 Å². The normalized spacial score (nSPS) is 20.4. The maximum atomic E-state index is 5.26. The Morgan fingerprint density at radius 2 is 1.05 bits per heavy atom. The van der Waals surface area contributed by atoms with Gasteiger partial charge in [0.15, 0.2) is 17.5 Å². The van der Waals surface area contributed by atoms with E-state index in [1.54, 1.807) is 11.1 Å². The van der Waals surface area contributed by atoms with E-state index in [4.69, 9.17) is 15.0 Å². The molecule has 1 saturated carbocycles. The first-order valence-corrected chi connectivity index (χ1v) is 23.6. The van der Waals surface area contributed by atoms with Crippen LogP contribution in [0.15, 0.2) is 211 Å². The summed E-state index contributed by atoms with van der Waals surface area (Å²) in [6.07, 6.45) is 17.3. The molecular weight excluding hydrogens is 801 g/mol. The highest BCUT2D eigenvalue weighted by Crippen LogP contribution is 2.65. The van der Waals surface area contributed by atoms with Gasteiger partial charge < -0.3 is 4.57 Å². The molecule has 4 aliphatic rings. The van der Waals surface area contributed by atoms with Crippen molar-refractivity contribution in [2.75, 3.05) is 0 Å². The lowest BCUT2D eigenvalue weighted by Gasteiger charge is -2.49. The van der Waals surface area contributed by atoms with E-state index in [2.05, 4.69) is 182 Å². The highest BCUT2D eigenvalue weighted by Gasteiger charge is 2.55. The lowest BCUT2D eigenvalue weighted by molar-refractivity contribution is 0.480. The molecule has 0 aliphatic heterocycles. The molecule has 9 aromatic rings. The van der Waals surface area contributed by atoms with Crippen LogP contribution in [-0.4, -0.2) is 19.5 Å². The number of benzene rings is 7. The van der Waals surface area contributed by atoms with Crippen molar-refractivity contribution in [1.29, 1.82) is 0 Å². The second-order valence-corrected chi connectivity index (χ2v) is 18.9. The zero-order valence-corrected chi connectivity index (χ0v) is 37.2. The number of para-hydroxylation sites is 1. The van der Waals surface area contributed by atoms with Crippen LogP contribution in [0.5, 0.6) is 0 Å². The number of aromatic nitrogens is 4. The van der Waals surface area contributed by atoms with Gasteiger partial charge in [0, 0.05) is 38.5 Å². The van der Waals surface area contributed by atoms with Crippen LogP contribution < -0.4 is 0 Å². The Morgan fingerprint density at radius 3 is 1.74 bits per heavy atom. The van der Waals surface area contributed by atoms with Gasteiger partial charge in [-0.05, 0) is 118 Å². The van der Waals surface area contributed by atoms with Gasteiger partial charge in [-0.15, -0.1) is 0 Å². The maximum absolute atomic E-state index is 5.26. The summed E-state index contributed by atoms with van der Waals surface area (Å²) in [5, 5.41) is 2.52. The van der Waals surface area contributed by atoms with Crippen LogP contribution in [0.1, 0.15) is 50.3 Å². The highest BCUT2D eigenvalue weighted by atomic mass is 15.0. The Bertz CT molecular complexity index is 3470. The van der Waals surface area contributed by atoms with E-state index in [9.17, 15) is 0 Å². The molecule has 0 saturated heterocycles. The van der Waals surface area contributed by atoms with Gasteiger partial charge in [0.2, 0.25) is 0 Å². The third kappa shape index (κ3) is 6.08. The average Bonchev–Trinajstić information content (AvgIpc) is 3.87. The summed E-state index contributed by atoms with van der Waals surface area (Å²) in [7, 11) is 0. The molecule has 4 heteroatoms. The van der Waals surface area contributed by atoms with Crippen LogP contribution in [-0.2, 0) is 5.41 Å². The summed E-state index contributed by atoms with van der Waals surface area (Å²) in [5.74, 6) is 2.99. The Morgan fingerprint density at radius 1 is 0.470 bits per heavy atom. The summed E-state index contributed by atoms with van der Waals surface area (Å²) in [5.41, 5.74) is 18.3. The van der Waals surface area contributed by atoms with Gasteiger partial charge in [-0.1, -0.05) is 183 Å². The number of fused-ring (bicyclic) bond motifs is 12. The second kappa shape index (κ2) is 15.2. The highest BCUT2D eigenvalue weighted by molar-refractivity contribution is 6.09. The molecule has 316 valence electrons. The molecule has 2 aromatic heterocycles. The van der Waals surface area contributed by atoms with Gasteiger partial charge in [-0.2, -0.15) is 0 Å². The molecule has 2 bridgehead atoms. The van der Waals surface area contributed by atoms with Gasteiger partial charge in [0.05, 0.1) is 11.5 Å². The predicted molar refractivity (Wildman–Crippen MR) is 272 cm³/mol. The minimum Gasteiger partial charge on any atom is -0.333 e. The smallest absolute Gasteiger partial charge is 0.164 e. The van der Waals surface area contributed by atoms with Gasteiger partial charge in [-0.3, -0.25) is 0 Å². The molecule has 3 unspecified atom stereocenters. The first-order valence-electron chi connectivity index (χ1n) is 23.6. The number of hydrogen-bond donors (Lipinski definition) is 0. The summed E-state index contributed by atoms with van der Waals surface area (Å²) in [6.45, 7) is 4.79. The van der Waals surface area contributed by atoms with Crippen molar-refractivity contribution < 1.29 is 0 Å². The van der Waals surface area contributed by atoms with Crippen molar-refractivity contribution in [2.24, 2.45) is 11.8 Å². The third-order valence-electron chi connectivity index (χ3n) is 14.7. The van der Waals surface area contributed by atoms with Gasteiger partial charge in [0.25, 0.3) is 0 Å². The van der Waals surface area contributed by atoms with Gasteiger partial charge >= 0.3 is 0 Å². The van der Waals surface area contributed by atoms with E-state index in [0.29, 0.717) is 29.3 Å². The Kier molecular flexibility index (Phi) is 8.93.